The fraction of sp³-hybridized carbons (Fsp3) is 0.308. The van der Waals surface area contributed by atoms with Crippen molar-refractivity contribution in [2.75, 3.05) is 18.5 Å². The zero-order valence-corrected chi connectivity index (χ0v) is 18.1. The number of benzene rings is 2. The number of para-hydroxylation sites is 1. The molecule has 162 valence electrons. The second-order valence-corrected chi connectivity index (χ2v) is 9.12. The van der Waals surface area contributed by atoms with E-state index >= 15 is 0 Å². The van der Waals surface area contributed by atoms with Gasteiger partial charge in [-0.2, -0.15) is 0 Å². The summed E-state index contributed by atoms with van der Waals surface area (Å²) in [5.41, 5.74) is 2.19. The maximum absolute atomic E-state index is 14.0. The van der Waals surface area contributed by atoms with E-state index in [1.165, 1.54) is 0 Å². The summed E-state index contributed by atoms with van der Waals surface area (Å²) in [7, 11) is 0. The average Bonchev–Trinajstić information content (AvgIpc) is 3.08. The molecule has 0 bridgehead atoms. The van der Waals surface area contributed by atoms with Crippen molar-refractivity contribution in [3.05, 3.63) is 77.6 Å². The molecule has 0 saturated carbocycles. The van der Waals surface area contributed by atoms with Gasteiger partial charge in [0.05, 0.1) is 0 Å². The lowest BCUT2D eigenvalue weighted by Gasteiger charge is -2.50. The Kier molecular flexibility index (Phi) is 4.03. The van der Waals surface area contributed by atoms with Gasteiger partial charge in [0, 0.05) is 35.6 Å². The van der Waals surface area contributed by atoms with E-state index in [1.807, 2.05) is 42.5 Å². The van der Waals surface area contributed by atoms with Gasteiger partial charge in [-0.3, -0.25) is 9.78 Å². The number of pyridine rings is 1. The molecule has 2 aromatic carbocycles. The number of rotatable bonds is 2. The van der Waals surface area contributed by atoms with Crippen molar-refractivity contribution in [3.63, 3.8) is 0 Å². The lowest BCUT2D eigenvalue weighted by Crippen LogP contribution is -2.58. The smallest absolute Gasteiger partial charge is 0.240 e. The summed E-state index contributed by atoms with van der Waals surface area (Å²) in [5, 5.41) is 3.15. The van der Waals surface area contributed by atoms with E-state index in [1.54, 1.807) is 12.4 Å². The van der Waals surface area contributed by atoms with Crippen LogP contribution in [0, 0.1) is 5.92 Å². The highest BCUT2D eigenvalue weighted by atomic mass is 16.6. The molecule has 6 rings (SSSR count). The molecule has 1 spiro atoms. The van der Waals surface area contributed by atoms with Crippen molar-refractivity contribution in [2.24, 2.45) is 5.92 Å². The highest BCUT2D eigenvalue weighted by Crippen LogP contribution is 2.59. The Morgan fingerprint density at radius 1 is 0.969 bits per heavy atom. The molecule has 1 aromatic heterocycles. The van der Waals surface area contributed by atoms with Crippen molar-refractivity contribution in [2.45, 2.75) is 31.3 Å². The fourth-order valence-electron chi connectivity index (χ4n) is 5.57. The Balaban J connectivity index is 1.64. The summed E-state index contributed by atoms with van der Waals surface area (Å²) >= 11 is 0. The molecule has 4 heterocycles. The van der Waals surface area contributed by atoms with Crippen molar-refractivity contribution in [3.8, 4) is 17.2 Å². The lowest BCUT2D eigenvalue weighted by atomic mass is 9.58. The van der Waals surface area contributed by atoms with Crippen LogP contribution >= 0.6 is 0 Å². The number of nitrogens with zero attached hydrogens (tertiary/aromatic N) is 1. The first-order valence-electron chi connectivity index (χ1n) is 10.9. The molecule has 3 aromatic rings. The molecule has 1 unspecified atom stereocenters. The standard InChI is InChI=1S/C26H24N2O4/c1-25(2)23(13-16-7-9-27-10-8-16)26(17-5-3-4-6-19(17)28-24(26)29)18-14-21-22(15-20(18)32-25)31-12-11-30-21/h3-10,14-15,23H,11-13H2,1-2H3,(H,28,29)/t23?,26-/m1/s1. The third-order valence-electron chi connectivity index (χ3n) is 6.95. The Labute approximate surface area is 186 Å². The number of amides is 1. The number of carbonyl (C=O) groups excluding carboxylic acids is 1. The summed E-state index contributed by atoms with van der Waals surface area (Å²) < 4.78 is 18.3. The number of hydrogen-bond donors (Lipinski definition) is 1. The van der Waals surface area contributed by atoms with Gasteiger partial charge in [0.1, 0.15) is 30.0 Å². The molecular weight excluding hydrogens is 404 g/mol. The van der Waals surface area contributed by atoms with Crippen LogP contribution in [0.5, 0.6) is 17.2 Å². The predicted octanol–water partition coefficient (Wildman–Crippen LogP) is 4.12. The SMILES string of the molecule is CC1(C)Oc2cc3c(cc2[C@@]2(C(=O)Nc4ccccc42)C1Cc1ccncc1)OCCO3. The molecule has 3 aliphatic heterocycles. The second-order valence-electron chi connectivity index (χ2n) is 9.12. The Morgan fingerprint density at radius 3 is 2.47 bits per heavy atom. The number of nitrogens with one attached hydrogen (secondary N) is 1. The summed E-state index contributed by atoms with van der Waals surface area (Å²) in [6, 6.07) is 15.8. The predicted molar refractivity (Wildman–Crippen MR) is 119 cm³/mol. The van der Waals surface area contributed by atoms with Gasteiger partial charge in [-0.15, -0.1) is 0 Å². The van der Waals surface area contributed by atoms with Crippen molar-refractivity contribution in [1.29, 1.82) is 0 Å². The van der Waals surface area contributed by atoms with Crippen molar-refractivity contribution >= 4 is 11.6 Å². The van der Waals surface area contributed by atoms with Crippen LogP contribution in [0.15, 0.2) is 60.9 Å². The molecule has 0 saturated heterocycles. The van der Waals surface area contributed by atoms with Crippen LogP contribution in [-0.2, 0) is 16.6 Å². The first-order valence-corrected chi connectivity index (χ1v) is 10.9. The quantitative estimate of drug-likeness (QED) is 0.665. The monoisotopic (exact) mass is 428 g/mol. The molecule has 1 N–H and O–H groups in total. The zero-order valence-electron chi connectivity index (χ0n) is 18.1. The number of hydrogen-bond acceptors (Lipinski definition) is 5. The normalized spacial score (nSPS) is 24.3. The second kappa shape index (κ2) is 6.73. The number of fused-ring (bicyclic) bond motifs is 5. The van der Waals surface area contributed by atoms with Crippen LogP contribution in [0.1, 0.15) is 30.5 Å². The molecule has 6 heteroatoms. The van der Waals surface area contributed by atoms with Crippen LogP contribution in [0.4, 0.5) is 5.69 Å². The summed E-state index contributed by atoms with van der Waals surface area (Å²) in [5.74, 6) is 1.76. The summed E-state index contributed by atoms with van der Waals surface area (Å²) in [4.78, 5) is 18.1. The number of aromatic nitrogens is 1. The molecule has 6 nitrogen and oxygen atoms in total. The van der Waals surface area contributed by atoms with Gasteiger partial charge in [-0.1, -0.05) is 18.2 Å². The topological polar surface area (TPSA) is 69.7 Å². The molecule has 0 fully saturated rings. The van der Waals surface area contributed by atoms with E-state index in [-0.39, 0.29) is 11.8 Å². The minimum absolute atomic E-state index is 0.0351. The van der Waals surface area contributed by atoms with Gasteiger partial charge in [-0.25, -0.2) is 0 Å². The molecule has 3 aliphatic rings. The van der Waals surface area contributed by atoms with Gasteiger partial charge < -0.3 is 19.5 Å². The van der Waals surface area contributed by atoms with Crippen LogP contribution in [0.25, 0.3) is 0 Å². The van der Waals surface area contributed by atoms with Crippen molar-refractivity contribution < 1.29 is 19.0 Å². The number of anilines is 1. The highest BCUT2D eigenvalue weighted by molar-refractivity contribution is 6.10. The van der Waals surface area contributed by atoms with Gasteiger partial charge in [0.25, 0.3) is 0 Å². The zero-order chi connectivity index (χ0) is 21.9. The molecular formula is C26H24N2O4. The third-order valence-corrected chi connectivity index (χ3v) is 6.95. The van der Waals surface area contributed by atoms with Crippen LogP contribution < -0.4 is 19.5 Å². The molecule has 0 radical (unpaired) electrons. The maximum atomic E-state index is 14.0. The van der Waals surface area contributed by atoms with Gasteiger partial charge in [0.15, 0.2) is 11.5 Å². The van der Waals surface area contributed by atoms with Gasteiger partial charge >= 0.3 is 0 Å². The number of carbonyl (C=O) groups is 1. The molecule has 32 heavy (non-hydrogen) atoms. The largest absolute Gasteiger partial charge is 0.487 e. The summed E-state index contributed by atoms with van der Waals surface area (Å²) in [6.07, 6.45) is 4.23. The summed E-state index contributed by atoms with van der Waals surface area (Å²) in [6.45, 7) is 5.10. The minimum Gasteiger partial charge on any atom is -0.487 e. The number of ether oxygens (including phenoxy) is 3. The van der Waals surface area contributed by atoms with Gasteiger partial charge in [-0.05, 0) is 55.7 Å². The van der Waals surface area contributed by atoms with E-state index in [2.05, 4.69) is 30.2 Å². The Hall–Kier alpha value is -3.54. The Bertz CT molecular complexity index is 1220. The Morgan fingerprint density at radius 2 is 1.69 bits per heavy atom. The fourth-order valence-corrected chi connectivity index (χ4v) is 5.57. The van der Waals surface area contributed by atoms with E-state index in [9.17, 15) is 4.79 Å². The van der Waals surface area contributed by atoms with E-state index in [4.69, 9.17) is 14.2 Å². The van der Waals surface area contributed by atoms with Crippen LogP contribution in [0.2, 0.25) is 0 Å². The molecule has 1 amide bonds. The minimum atomic E-state index is -0.924. The average molecular weight is 428 g/mol. The van der Waals surface area contributed by atoms with E-state index < -0.39 is 11.0 Å². The first-order chi connectivity index (χ1) is 15.5. The van der Waals surface area contributed by atoms with Gasteiger partial charge in [0.2, 0.25) is 5.91 Å². The highest BCUT2D eigenvalue weighted by Gasteiger charge is 2.62. The van der Waals surface area contributed by atoms with E-state index in [0.29, 0.717) is 36.9 Å². The third kappa shape index (κ3) is 2.58. The molecule has 0 aliphatic carbocycles. The lowest BCUT2D eigenvalue weighted by molar-refractivity contribution is -0.126. The molecule has 2 atom stereocenters. The van der Waals surface area contributed by atoms with Crippen LogP contribution in [-0.4, -0.2) is 29.7 Å². The van der Waals surface area contributed by atoms with Crippen molar-refractivity contribution in [1.82, 2.24) is 4.98 Å². The first kappa shape index (κ1) is 19.2. The van der Waals surface area contributed by atoms with E-state index in [0.717, 1.165) is 22.4 Å². The maximum Gasteiger partial charge on any atom is 0.240 e. The van der Waals surface area contributed by atoms with Crippen LogP contribution in [0.3, 0.4) is 0 Å².